The van der Waals surface area contributed by atoms with E-state index in [4.69, 9.17) is 0 Å². The van der Waals surface area contributed by atoms with Gasteiger partial charge < -0.3 is 5.32 Å². The number of nitrogens with one attached hydrogen (secondary N) is 3. The van der Waals surface area contributed by atoms with Crippen LogP contribution in [0.15, 0.2) is 60.0 Å². The first-order valence-electron chi connectivity index (χ1n) is 7.67. The molecule has 0 aliphatic heterocycles. The zero-order valence-electron chi connectivity index (χ0n) is 13.2. The number of hydrogen-bond donors (Lipinski definition) is 3. The lowest BCUT2D eigenvalue weighted by Gasteiger charge is -2.06. The SMILES string of the molecule is CCC(=O)Nc1ccc(-c2csc(NNc3ccccc3)n2)cc1. The number of carbonyl (C=O) groups is 1. The van der Waals surface area contributed by atoms with Gasteiger partial charge in [-0.25, -0.2) is 4.98 Å². The molecular weight excluding hydrogens is 320 g/mol. The Morgan fingerprint density at radius 1 is 1.00 bits per heavy atom. The number of benzene rings is 2. The molecule has 0 saturated carbocycles. The number of hydrogen-bond acceptors (Lipinski definition) is 5. The minimum atomic E-state index is 0.00915. The highest BCUT2D eigenvalue weighted by Crippen LogP contribution is 2.26. The van der Waals surface area contributed by atoms with E-state index in [1.807, 2.05) is 66.9 Å². The number of rotatable bonds is 6. The van der Waals surface area contributed by atoms with Crippen LogP contribution >= 0.6 is 11.3 Å². The number of para-hydroxylation sites is 1. The van der Waals surface area contributed by atoms with E-state index in [1.165, 1.54) is 11.3 Å². The van der Waals surface area contributed by atoms with Crippen LogP contribution in [0.1, 0.15) is 13.3 Å². The summed E-state index contributed by atoms with van der Waals surface area (Å²) in [6.07, 6.45) is 0.470. The summed E-state index contributed by atoms with van der Waals surface area (Å²) in [4.78, 5) is 16.0. The Morgan fingerprint density at radius 2 is 1.75 bits per heavy atom. The van der Waals surface area contributed by atoms with Gasteiger partial charge in [0, 0.05) is 23.1 Å². The third kappa shape index (κ3) is 4.11. The molecule has 1 aromatic heterocycles. The van der Waals surface area contributed by atoms with E-state index < -0.39 is 0 Å². The average molecular weight is 338 g/mol. The summed E-state index contributed by atoms with van der Waals surface area (Å²) in [6.45, 7) is 1.83. The first-order valence-corrected chi connectivity index (χ1v) is 8.55. The Bertz CT molecular complexity index is 799. The molecule has 3 N–H and O–H groups in total. The second-order valence-electron chi connectivity index (χ2n) is 5.13. The molecule has 0 bridgehead atoms. The Kier molecular flexibility index (Phi) is 5.08. The zero-order valence-corrected chi connectivity index (χ0v) is 14.1. The van der Waals surface area contributed by atoms with Crippen molar-refractivity contribution in [2.45, 2.75) is 13.3 Å². The highest BCUT2D eigenvalue weighted by Gasteiger charge is 2.05. The second kappa shape index (κ2) is 7.61. The van der Waals surface area contributed by atoms with E-state index in [-0.39, 0.29) is 5.91 Å². The van der Waals surface area contributed by atoms with Gasteiger partial charge in [0.05, 0.1) is 11.4 Å². The van der Waals surface area contributed by atoms with E-state index in [9.17, 15) is 4.79 Å². The number of hydrazine groups is 1. The van der Waals surface area contributed by atoms with Gasteiger partial charge in [0.25, 0.3) is 0 Å². The molecule has 6 heteroatoms. The molecule has 122 valence electrons. The average Bonchev–Trinajstić information content (AvgIpc) is 3.10. The van der Waals surface area contributed by atoms with Crippen LogP contribution in [-0.4, -0.2) is 10.9 Å². The van der Waals surface area contributed by atoms with Crippen molar-refractivity contribution in [2.75, 3.05) is 16.2 Å². The molecule has 0 atom stereocenters. The summed E-state index contributed by atoms with van der Waals surface area (Å²) < 4.78 is 0. The standard InChI is InChI=1S/C18H18N4OS/c1-2-17(23)19-14-10-8-13(9-11-14)16-12-24-18(20-16)22-21-15-6-4-3-5-7-15/h3-12,21H,2H2,1H3,(H,19,23)(H,20,22). The molecule has 0 saturated heterocycles. The van der Waals surface area contributed by atoms with Crippen molar-refractivity contribution in [2.24, 2.45) is 0 Å². The summed E-state index contributed by atoms with van der Waals surface area (Å²) >= 11 is 1.53. The first kappa shape index (κ1) is 16.0. The monoisotopic (exact) mass is 338 g/mol. The van der Waals surface area contributed by atoms with Crippen molar-refractivity contribution in [3.63, 3.8) is 0 Å². The van der Waals surface area contributed by atoms with Gasteiger partial charge in [-0.15, -0.1) is 11.3 Å². The maximum Gasteiger partial charge on any atom is 0.224 e. The van der Waals surface area contributed by atoms with Gasteiger partial charge in [-0.3, -0.25) is 15.6 Å². The molecule has 3 rings (SSSR count). The van der Waals surface area contributed by atoms with Crippen LogP contribution in [0, 0.1) is 0 Å². The third-order valence-electron chi connectivity index (χ3n) is 3.38. The van der Waals surface area contributed by atoms with Crippen molar-refractivity contribution in [1.29, 1.82) is 0 Å². The number of anilines is 3. The topological polar surface area (TPSA) is 66.1 Å². The molecule has 1 heterocycles. The van der Waals surface area contributed by atoms with Gasteiger partial charge in [0.2, 0.25) is 11.0 Å². The summed E-state index contributed by atoms with van der Waals surface area (Å²) in [6, 6.07) is 17.5. The highest BCUT2D eigenvalue weighted by atomic mass is 32.1. The van der Waals surface area contributed by atoms with Crippen molar-refractivity contribution in [3.05, 3.63) is 60.0 Å². The number of aromatic nitrogens is 1. The summed E-state index contributed by atoms with van der Waals surface area (Å²) in [5.74, 6) is 0.00915. The molecule has 1 amide bonds. The predicted octanol–water partition coefficient (Wildman–Crippen LogP) is 4.60. The fraction of sp³-hybridized carbons (Fsp3) is 0.111. The van der Waals surface area contributed by atoms with Gasteiger partial charge in [0.1, 0.15) is 0 Å². The van der Waals surface area contributed by atoms with Crippen molar-refractivity contribution >= 4 is 33.8 Å². The van der Waals surface area contributed by atoms with E-state index in [2.05, 4.69) is 21.2 Å². The number of amides is 1. The Labute approximate surface area is 144 Å². The van der Waals surface area contributed by atoms with Crippen molar-refractivity contribution in [1.82, 2.24) is 4.98 Å². The molecule has 3 aromatic rings. The Hall–Kier alpha value is -2.86. The maximum atomic E-state index is 11.4. The molecular formula is C18H18N4OS. The van der Waals surface area contributed by atoms with Crippen LogP contribution in [0.2, 0.25) is 0 Å². The molecule has 0 aliphatic carbocycles. The summed E-state index contributed by atoms with van der Waals surface area (Å²) in [5, 5.41) is 5.62. The fourth-order valence-electron chi connectivity index (χ4n) is 2.08. The maximum absolute atomic E-state index is 11.4. The van der Waals surface area contributed by atoms with Crippen LogP contribution in [0.3, 0.4) is 0 Å². The number of nitrogens with zero attached hydrogens (tertiary/aromatic N) is 1. The first-order chi connectivity index (χ1) is 11.7. The van der Waals surface area contributed by atoms with Crippen LogP contribution in [0.4, 0.5) is 16.5 Å². The van der Waals surface area contributed by atoms with E-state index >= 15 is 0 Å². The van der Waals surface area contributed by atoms with Gasteiger partial charge >= 0.3 is 0 Å². The van der Waals surface area contributed by atoms with Gasteiger partial charge in [-0.1, -0.05) is 37.3 Å². The van der Waals surface area contributed by atoms with Crippen LogP contribution in [0.25, 0.3) is 11.3 Å². The lowest BCUT2D eigenvalue weighted by Crippen LogP contribution is -2.09. The minimum absolute atomic E-state index is 0.00915. The second-order valence-corrected chi connectivity index (χ2v) is 5.99. The van der Waals surface area contributed by atoms with Crippen LogP contribution < -0.4 is 16.2 Å². The largest absolute Gasteiger partial charge is 0.326 e. The molecule has 0 radical (unpaired) electrons. The summed E-state index contributed by atoms with van der Waals surface area (Å²) in [5.41, 5.74) is 9.89. The third-order valence-corrected chi connectivity index (χ3v) is 4.14. The molecule has 0 aliphatic rings. The zero-order chi connectivity index (χ0) is 16.8. The van der Waals surface area contributed by atoms with Gasteiger partial charge in [0.15, 0.2) is 0 Å². The summed E-state index contributed by atoms with van der Waals surface area (Å²) in [7, 11) is 0. The van der Waals surface area contributed by atoms with E-state index in [0.29, 0.717) is 6.42 Å². The molecule has 0 spiro atoms. The van der Waals surface area contributed by atoms with Crippen LogP contribution in [-0.2, 0) is 4.79 Å². The molecule has 2 aromatic carbocycles. The lowest BCUT2D eigenvalue weighted by molar-refractivity contribution is -0.115. The molecule has 0 fully saturated rings. The molecule has 24 heavy (non-hydrogen) atoms. The van der Waals surface area contributed by atoms with E-state index in [1.54, 1.807) is 0 Å². The minimum Gasteiger partial charge on any atom is -0.326 e. The van der Waals surface area contributed by atoms with Gasteiger partial charge in [-0.2, -0.15) is 0 Å². The fourth-order valence-corrected chi connectivity index (χ4v) is 2.76. The van der Waals surface area contributed by atoms with Crippen molar-refractivity contribution in [3.8, 4) is 11.3 Å². The smallest absolute Gasteiger partial charge is 0.224 e. The Morgan fingerprint density at radius 3 is 2.46 bits per heavy atom. The Balaban J connectivity index is 1.63. The van der Waals surface area contributed by atoms with Crippen LogP contribution in [0.5, 0.6) is 0 Å². The predicted molar refractivity (Wildman–Crippen MR) is 100 cm³/mol. The molecule has 0 unspecified atom stereocenters. The number of carbonyl (C=O) groups excluding carboxylic acids is 1. The van der Waals surface area contributed by atoms with Crippen molar-refractivity contribution < 1.29 is 4.79 Å². The lowest BCUT2D eigenvalue weighted by atomic mass is 10.1. The molecule has 5 nitrogen and oxygen atoms in total. The number of thiazole rings is 1. The normalized spacial score (nSPS) is 10.2. The quantitative estimate of drug-likeness (QED) is 0.575. The van der Waals surface area contributed by atoms with E-state index in [0.717, 1.165) is 27.8 Å². The van der Waals surface area contributed by atoms with Gasteiger partial charge in [-0.05, 0) is 24.3 Å². The highest BCUT2D eigenvalue weighted by molar-refractivity contribution is 7.14.